The van der Waals surface area contributed by atoms with Gasteiger partial charge in [-0.1, -0.05) is 6.07 Å². The predicted octanol–water partition coefficient (Wildman–Crippen LogP) is 2.87. The fourth-order valence-electron chi connectivity index (χ4n) is 3.32. The van der Waals surface area contributed by atoms with Gasteiger partial charge in [-0.15, -0.1) is 0 Å². The number of piperidine rings is 1. The number of nitrogens with zero attached hydrogens (tertiary/aromatic N) is 1. The molecule has 0 spiro atoms. The van der Waals surface area contributed by atoms with Gasteiger partial charge in [-0.3, -0.25) is 9.59 Å². The molecule has 1 aromatic heterocycles. The van der Waals surface area contributed by atoms with Crippen LogP contribution in [0.15, 0.2) is 47.1 Å². The molecule has 7 heteroatoms. The Balaban J connectivity index is 1.48. The van der Waals surface area contributed by atoms with Gasteiger partial charge in [0.15, 0.2) is 11.5 Å². The van der Waals surface area contributed by atoms with Crippen molar-refractivity contribution in [2.24, 2.45) is 5.92 Å². The van der Waals surface area contributed by atoms with Crippen LogP contribution in [0.25, 0.3) is 6.08 Å². The van der Waals surface area contributed by atoms with Gasteiger partial charge in [0.2, 0.25) is 11.8 Å². The molecule has 154 valence electrons. The average Bonchev–Trinajstić information content (AvgIpc) is 3.29. The second-order valence-corrected chi connectivity index (χ2v) is 6.84. The lowest BCUT2D eigenvalue weighted by molar-refractivity contribution is -0.132. The van der Waals surface area contributed by atoms with Gasteiger partial charge in [0.1, 0.15) is 5.76 Å². The van der Waals surface area contributed by atoms with E-state index in [1.807, 2.05) is 18.2 Å². The molecule has 2 amide bonds. The zero-order valence-electron chi connectivity index (χ0n) is 16.7. The Hall–Kier alpha value is -3.22. The lowest BCUT2D eigenvalue weighted by atomic mass is 9.96. The van der Waals surface area contributed by atoms with Crippen molar-refractivity contribution in [3.8, 4) is 11.5 Å². The Morgan fingerprint density at radius 2 is 1.93 bits per heavy atom. The largest absolute Gasteiger partial charge is 0.493 e. The van der Waals surface area contributed by atoms with Crippen LogP contribution in [0.5, 0.6) is 11.5 Å². The van der Waals surface area contributed by atoms with Crippen LogP contribution in [-0.4, -0.2) is 44.0 Å². The fourth-order valence-corrected chi connectivity index (χ4v) is 3.32. The van der Waals surface area contributed by atoms with E-state index in [0.717, 1.165) is 11.3 Å². The number of hydrogen-bond donors (Lipinski definition) is 1. The van der Waals surface area contributed by atoms with E-state index in [9.17, 15) is 9.59 Å². The van der Waals surface area contributed by atoms with Crippen LogP contribution in [-0.2, 0) is 16.1 Å². The molecule has 0 unspecified atom stereocenters. The third kappa shape index (κ3) is 5.40. The van der Waals surface area contributed by atoms with E-state index in [0.29, 0.717) is 44.0 Å². The van der Waals surface area contributed by atoms with Crippen molar-refractivity contribution in [1.29, 1.82) is 0 Å². The molecule has 7 nitrogen and oxygen atoms in total. The molecule has 0 aliphatic carbocycles. The molecule has 1 aliphatic heterocycles. The molecule has 1 fully saturated rings. The second-order valence-electron chi connectivity index (χ2n) is 6.84. The van der Waals surface area contributed by atoms with Crippen LogP contribution in [0, 0.1) is 5.92 Å². The number of nitrogens with one attached hydrogen (secondary N) is 1. The highest BCUT2D eigenvalue weighted by Crippen LogP contribution is 2.28. The molecule has 2 heterocycles. The Labute approximate surface area is 170 Å². The van der Waals surface area contributed by atoms with Crippen molar-refractivity contribution in [1.82, 2.24) is 10.2 Å². The molecule has 3 rings (SSSR count). The van der Waals surface area contributed by atoms with Gasteiger partial charge in [-0.2, -0.15) is 0 Å². The maximum Gasteiger partial charge on any atom is 0.246 e. The number of hydrogen-bond acceptors (Lipinski definition) is 5. The summed E-state index contributed by atoms with van der Waals surface area (Å²) in [5.74, 6) is 1.85. The van der Waals surface area contributed by atoms with Gasteiger partial charge < -0.3 is 24.1 Å². The van der Waals surface area contributed by atoms with E-state index in [-0.39, 0.29) is 17.7 Å². The van der Waals surface area contributed by atoms with E-state index >= 15 is 0 Å². The molecule has 2 aromatic rings. The number of furan rings is 1. The number of rotatable bonds is 7. The second kappa shape index (κ2) is 9.82. The summed E-state index contributed by atoms with van der Waals surface area (Å²) in [5.41, 5.74) is 0.850. The maximum atomic E-state index is 12.5. The zero-order chi connectivity index (χ0) is 20.6. The van der Waals surface area contributed by atoms with Crippen LogP contribution in [0.4, 0.5) is 0 Å². The lowest BCUT2D eigenvalue weighted by Crippen LogP contribution is -2.42. The quantitative estimate of drug-likeness (QED) is 0.726. The first kappa shape index (κ1) is 20.5. The van der Waals surface area contributed by atoms with E-state index < -0.39 is 0 Å². The highest BCUT2D eigenvalue weighted by Gasteiger charge is 2.26. The molecule has 1 N–H and O–H groups in total. The highest BCUT2D eigenvalue weighted by atomic mass is 16.5. The monoisotopic (exact) mass is 398 g/mol. The van der Waals surface area contributed by atoms with Crippen LogP contribution < -0.4 is 14.8 Å². The summed E-state index contributed by atoms with van der Waals surface area (Å²) in [5, 5.41) is 2.89. The van der Waals surface area contributed by atoms with E-state index in [4.69, 9.17) is 13.9 Å². The molecule has 1 saturated heterocycles. The van der Waals surface area contributed by atoms with Crippen LogP contribution >= 0.6 is 0 Å². The van der Waals surface area contributed by atoms with Gasteiger partial charge in [0.25, 0.3) is 0 Å². The molecule has 1 aromatic carbocycles. The highest BCUT2D eigenvalue weighted by molar-refractivity contribution is 5.92. The minimum Gasteiger partial charge on any atom is -0.493 e. The molecular weight excluding hydrogens is 372 g/mol. The molecule has 0 bridgehead atoms. The number of benzene rings is 1. The van der Waals surface area contributed by atoms with Gasteiger partial charge in [-0.25, -0.2) is 0 Å². The van der Waals surface area contributed by atoms with E-state index in [2.05, 4.69) is 5.32 Å². The van der Waals surface area contributed by atoms with Gasteiger partial charge in [0, 0.05) is 25.1 Å². The molecule has 0 radical (unpaired) electrons. The number of likely N-dealkylation sites (tertiary alicyclic amines) is 1. The third-order valence-corrected chi connectivity index (χ3v) is 5.02. The lowest BCUT2D eigenvalue weighted by Gasteiger charge is -2.30. The topological polar surface area (TPSA) is 81.0 Å². The smallest absolute Gasteiger partial charge is 0.246 e. The van der Waals surface area contributed by atoms with Crippen molar-refractivity contribution in [3.05, 3.63) is 54.0 Å². The Kier molecular flexibility index (Phi) is 6.94. The summed E-state index contributed by atoms with van der Waals surface area (Å²) in [6.07, 6.45) is 6.20. The van der Waals surface area contributed by atoms with Crippen LogP contribution in [0.3, 0.4) is 0 Å². The number of amides is 2. The Bertz CT molecular complexity index is 852. The summed E-state index contributed by atoms with van der Waals surface area (Å²) in [6.45, 7) is 1.51. The molecule has 0 atom stereocenters. The molecule has 29 heavy (non-hydrogen) atoms. The molecule has 1 aliphatic rings. The van der Waals surface area contributed by atoms with Crippen LogP contribution in [0.1, 0.15) is 24.2 Å². The zero-order valence-corrected chi connectivity index (χ0v) is 16.7. The summed E-state index contributed by atoms with van der Waals surface area (Å²) < 4.78 is 15.7. The van der Waals surface area contributed by atoms with E-state index in [1.54, 1.807) is 49.7 Å². The predicted molar refractivity (Wildman–Crippen MR) is 108 cm³/mol. The first-order valence-electron chi connectivity index (χ1n) is 9.60. The number of carbonyl (C=O) groups excluding carboxylic acids is 2. The molecular formula is C22H26N2O5. The number of ether oxygens (including phenoxy) is 2. The SMILES string of the molecule is COc1ccc(/C=C/C(=O)N2CCC(C(=O)NCc3ccco3)CC2)cc1OC. The van der Waals surface area contributed by atoms with Crippen molar-refractivity contribution in [2.45, 2.75) is 19.4 Å². The third-order valence-electron chi connectivity index (χ3n) is 5.02. The summed E-state index contributed by atoms with van der Waals surface area (Å²) in [7, 11) is 3.16. The van der Waals surface area contributed by atoms with Gasteiger partial charge in [-0.05, 0) is 48.7 Å². The van der Waals surface area contributed by atoms with E-state index in [1.165, 1.54) is 0 Å². The van der Waals surface area contributed by atoms with Crippen molar-refractivity contribution < 1.29 is 23.5 Å². The molecule has 0 saturated carbocycles. The van der Waals surface area contributed by atoms with Crippen molar-refractivity contribution >= 4 is 17.9 Å². The van der Waals surface area contributed by atoms with Gasteiger partial charge >= 0.3 is 0 Å². The number of carbonyl (C=O) groups is 2. The number of methoxy groups -OCH3 is 2. The maximum absolute atomic E-state index is 12.5. The summed E-state index contributed by atoms with van der Waals surface area (Å²) in [4.78, 5) is 26.5. The first-order valence-corrected chi connectivity index (χ1v) is 9.60. The average molecular weight is 398 g/mol. The first-order chi connectivity index (χ1) is 14.1. The fraction of sp³-hybridized carbons (Fsp3) is 0.364. The minimum atomic E-state index is -0.0798. The summed E-state index contributed by atoms with van der Waals surface area (Å²) in [6, 6.07) is 9.10. The van der Waals surface area contributed by atoms with Crippen molar-refractivity contribution in [3.63, 3.8) is 0 Å². The van der Waals surface area contributed by atoms with Gasteiger partial charge in [0.05, 0.1) is 27.0 Å². The Morgan fingerprint density at radius 3 is 2.59 bits per heavy atom. The van der Waals surface area contributed by atoms with Crippen molar-refractivity contribution in [2.75, 3.05) is 27.3 Å². The summed E-state index contributed by atoms with van der Waals surface area (Å²) >= 11 is 0. The standard InChI is InChI=1S/C22H26N2O5/c1-27-19-7-5-16(14-20(19)28-2)6-8-21(25)24-11-9-17(10-12-24)22(26)23-15-18-4-3-13-29-18/h3-8,13-14,17H,9-12,15H2,1-2H3,(H,23,26)/b8-6+. The van der Waals surface area contributed by atoms with Crippen LogP contribution in [0.2, 0.25) is 0 Å². The minimum absolute atomic E-state index is 0.00867. The Morgan fingerprint density at radius 1 is 1.17 bits per heavy atom. The normalized spacial score (nSPS) is 14.8.